The summed E-state index contributed by atoms with van der Waals surface area (Å²) in [6.45, 7) is 0. The highest BCUT2D eigenvalue weighted by molar-refractivity contribution is 9.39. The molecule has 0 aromatic heterocycles. The molecule has 0 spiro atoms. The van der Waals surface area contributed by atoms with E-state index in [-0.39, 0.29) is 12.8 Å². The Bertz CT molecular complexity index is 378. The van der Waals surface area contributed by atoms with E-state index in [4.69, 9.17) is 50.9 Å². The van der Waals surface area contributed by atoms with Crippen LogP contribution in [-0.2, 0) is 9.09 Å². The maximum atomic E-state index is 11.4. The van der Waals surface area contributed by atoms with Crippen molar-refractivity contribution in [3.05, 3.63) is 0 Å². The van der Waals surface area contributed by atoms with Gasteiger partial charge in [0.05, 0.1) is 5.60 Å². The minimum absolute atomic E-state index is 0.288. The molecule has 2 N–H and O–H groups in total. The van der Waals surface area contributed by atoms with Crippen LogP contribution in [0.4, 0.5) is 0 Å². The van der Waals surface area contributed by atoms with Crippen molar-refractivity contribution >= 4 is 102 Å². The van der Waals surface area contributed by atoms with Crippen LogP contribution in [0.2, 0.25) is 0 Å². The molecule has 0 fully saturated rings. The van der Waals surface area contributed by atoms with Gasteiger partial charge in [0, 0.05) is 0 Å². The van der Waals surface area contributed by atoms with E-state index in [9.17, 15) is 14.4 Å². The zero-order valence-corrected chi connectivity index (χ0v) is 20.6. The number of rotatable bonds is 11. The largest absolute Gasteiger partial charge is 0.470 e. The molecule has 0 saturated carbocycles. The normalized spacial score (nSPS) is 14.0. The molecule has 0 aliphatic heterocycles. The van der Waals surface area contributed by atoms with E-state index >= 15 is 0 Å². The highest BCUT2D eigenvalue weighted by Gasteiger charge is 2.38. The average molecular weight is 627 g/mol. The first kappa shape index (κ1) is 25.7. The van der Waals surface area contributed by atoms with Gasteiger partial charge in [0.15, 0.2) is 0 Å². The molecule has 0 rings (SSSR count). The lowest BCUT2D eigenvalue weighted by atomic mass is 9.87. The second-order valence-electron chi connectivity index (χ2n) is 5.09. The Morgan fingerprint density at radius 2 is 1.35 bits per heavy atom. The van der Waals surface area contributed by atoms with Gasteiger partial charge in [0.2, 0.25) is 0 Å². The Labute approximate surface area is 181 Å². The molecular weight excluding hydrogens is 609 g/mol. The zero-order chi connectivity index (χ0) is 18.3. The van der Waals surface area contributed by atoms with Crippen molar-refractivity contribution < 1.29 is 18.9 Å². The van der Waals surface area contributed by atoms with Gasteiger partial charge in [-0.15, -0.1) is 46.4 Å². The van der Waals surface area contributed by atoms with Crippen molar-refractivity contribution in [1.29, 1.82) is 0 Å². The average Bonchev–Trinajstić information content (AvgIpc) is 2.30. The monoisotopic (exact) mass is 622 g/mol. The Hall–Kier alpha value is 2.71. The summed E-state index contributed by atoms with van der Waals surface area (Å²) in [5.74, 6) is 0. The molecule has 0 unspecified atom stereocenters. The summed E-state index contributed by atoms with van der Waals surface area (Å²) in [5.41, 5.74) is -1.10. The third-order valence-corrected chi connectivity index (χ3v) is 5.73. The molecule has 0 aromatic rings. The van der Waals surface area contributed by atoms with Gasteiger partial charge in [-0.05, 0) is 44.9 Å². The quantitative estimate of drug-likeness (QED) is 0.191. The summed E-state index contributed by atoms with van der Waals surface area (Å²) in [6.07, 6.45) is 2.90. The summed E-state index contributed by atoms with van der Waals surface area (Å²) in [4.78, 5) is 17.2. The van der Waals surface area contributed by atoms with Gasteiger partial charge in [-0.1, -0.05) is 47.8 Å². The molecule has 23 heavy (non-hydrogen) atoms. The SMILES string of the molecule is O=P(O)(O)OC(CCCC(Br)(Br)Br)(CCC(Cl)Cl)CCC(Cl)Cl. The molecule has 0 bridgehead atoms. The van der Waals surface area contributed by atoms with E-state index in [0.29, 0.717) is 32.1 Å². The molecule has 0 atom stereocenters. The molecular formula is C11H18Br3Cl4O4P. The summed E-state index contributed by atoms with van der Waals surface area (Å²) in [5, 5.41) is 0. The van der Waals surface area contributed by atoms with Crippen LogP contribution in [0.5, 0.6) is 0 Å². The standard InChI is InChI=1S/C11H18Br3Cl4O4P/c12-11(13,14)5-1-4-10(6-2-8(15)16,7-3-9(17)18)22-23(19,20)21/h8-9H,1-7H2,(H2,19,20,21). The van der Waals surface area contributed by atoms with Gasteiger partial charge < -0.3 is 9.79 Å². The van der Waals surface area contributed by atoms with Crippen molar-refractivity contribution in [3.8, 4) is 0 Å². The number of halogens is 7. The lowest BCUT2D eigenvalue weighted by Gasteiger charge is -2.35. The molecule has 0 amide bonds. The van der Waals surface area contributed by atoms with Crippen LogP contribution in [0.1, 0.15) is 44.9 Å². The van der Waals surface area contributed by atoms with Gasteiger partial charge in [-0.2, -0.15) is 0 Å². The molecule has 0 heterocycles. The third-order valence-electron chi connectivity index (χ3n) is 3.04. The van der Waals surface area contributed by atoms with Gasteiger partial charge in [0.25, 0.3) is 0 Å². The highest BCUT2D eigenvalue weighted by atomic mass is 80.0. The summed E-state index contributed by atoms with van der Waals surface area (Å²) >= 11 is 33.2. The fourth-order valence-electron chi connectivity index (χ4n) is 2.12. The van der Waals surface area contributed by atoms with Gasteiger partial charge >= 0.3 is 7.82 Å². The smallest absolute Gasteiger partial charge is 0.303 e. The molecule has 140 valence electrons. The molecule has 0 aliphatic carbocycles. The Morgan fingerprint density at radius 3 is 1.65 bits per heavy atom. The number of hydrogen-bond acceptors (Lipinski definition) is 2. The Morgan fingerprint density at radius 1 is 0.913 bits per heavy atom. The van der Waals surface area contributed by atoms with Crippen molar-refractivity contribution in [2.45, 2.75) is 62.4 Å². The lowest BCUT2D eigenvalue weighted by molar-refractivity contribution is 0.00804. The van der Waals surface area contributed by atoms with Crippen LogP contribution in [0.25, 0.3) is 0 Å². The summed E-state index contributed by atoms with van der Waals surface area (Å²) < 4.78 is 16.1. The Kier molecular flexibility index (Phi) is 12.9. The van der Waals surface area contributed by atoms with E-state index < -0.39 is 25.2 Å². The zero-order valence-electron chi connectivity index (χ0n) is 11.9. The number of phosphoric ester groups is 1. The third kappa shape index (κ3) is 15.5. The fraction of sp³-hybridized carbons (Fsp3) is 1.00. The minimum Gasteiger partial charge on any atom is -0.303 e. The van der Waals surface area contributed by atoms with E-state index in [1.54, 1.807) is 0 Å². The second kappa shape index (κ2) is 11.5. The topological polar surface area (TPSA) is 66.8 Å². The van der Waals surface area contributed by atoms with Crippen molar-refractivity contribution in [1.82, 2.24) is 0 Å². The fourth-order valence-corrected chi connectivity index (χ4v) is 4.18. The summed E-state index contributed by atoms with van der Waals surface area (Å²) in [6, 6.07) is 0. The van der Waals surface area contributed by atoms with Crippen LogP contribution in [0.15, 0.2) is 0 Å². The van der Waals surface area contributed by atoms with Crippen molar-refractivity contribution in [3.63, 3.8) is 0 Å². The molecule has 4 nitrogen and oxygen atoms in total. The van der Waals surface area contributed by atoms with Crippen molar-refractivity contribution in [2.24, 2.45) is 0 Å². The van der Waals surface area contributed by atoms with E-state index in [0.717, 1.165) is 0 Å². The molecule has 0 saturated heterocycles. The van der Waals surface area contributed by atoms with Gasteiger partial charge in [0.1, 0.15) is 11.8 Å². The number of alkyl halides is 7. The predicted molar refractivity (Wildman–Crippen MR) is 109 cm³/mol. The number of phosphoric acid groups is 1. The first-order chi connectivity index (χ1) is 10.2. The molecule has 0 aliphatic rings. The molecule has 12 heteroatoms. The van der Waals surface area contributed by atoms with E-state index in [2.05, 4.69) is 47.8 Å². The second-order valence-corrected chi connectivity index (χ2v) is 16.1. The van der Waals surface area contributed by atoms with Gasteiger partial charge in [-0.25, -0.2) is 4.57 Å². The highest BCUT2D eigenvalue weighted by Crippen LogP contribution is 2.48. The first-order valence-electron chi connectivity index (χ1n) is 6.64. The predicted octanol–water partition coefficient (Wildman–Crippen LogP) is 7.01. The molecule has 0 radical (unpaired) electrons. The maximum absolute atomic E-state index is 11.4. The van der Waals surface area contributed by atoms with E-state index in [1.165, 1.54) is 0 Å². The van der Waals surface area contributed by atoms with Crippen LogP contribution in [0.3, 0.4) is 0 Å². The van der Waals surface area contributed by atoms with Crippen LogP contribution >= 0.6 is 102 Å². The Balaban J connectivity index is 5.13. The maximum Gasteiger partial charge on any atom is 0.470 e. The van der Waals surface area contributed by atoms with E-state index in [1.807, 2.05) is 0 Å². The lowest BCUT2D eigenvalue weighted by Crippen LogP contribution is -2.33. The summed E-state index contributed by atoms with van der Waals surface area (Å²) in [7, 11) is -4.70. The minimum atomic E-state index is -4.70. The van der Waals surface area contributed by atoms with Crippen LogP contribution in [0, 0.1) is 0 Å². The van der Waals surface area contributed by atoms with Gasteiger partial charge in [-0.3, -0.25) is 4.52 Å². The molecule has 0 aromatic carbocycles. The van der Waals surface area contributed by atoms with Crippen LogP contribution < -0.4 is 0 Å². The number of hydrogen-bond donors (Lipinski definition) is 2. The van der Waals surface area contributed by atoms with Crippen molar-refractivity contribution in [2.75, 3.05) is 0 Å². The first-order valence-corrected chi connectivity index (χ1v) is 12.3. The van der Waals surface area contributed by atoms with Crippen LogP contribution in [-0.4, -0.2) is 27.2 Å².